The number of esters is 1. The van der Waals surface area contributed by atoms with Crippen LogP contribution in [-0.4, -0.2) is 15.9 Å². The molecule has 3 rings (SSSR count). The van der Waals surface area contributed by atoms with E-state index in [1.165, 1.54) is 11.3 Å². The number of carbonyl (C=O) groups excluding carboxylic acids is 1. The summed E-state index contributed by atoms with van der Waals surface area (Å²) in [6.45, 7) is 1.90. The third-order valence-corrected chi connectivity index (χ3v) is 3.72. The van der Waals surface area contributed by atoms with Crippen LogP contribution in [0, 0.1) is 12.8 Å². The quantitative estimate of drug-likeness (QED) is 0.796. The maximum Gasteiger partial charge on any atom is 0.315 e. The van der Waals surface area contributed by atoms with E-state index in [1.54, 1.807) is 6.20 Å². The van der Waals surface area contributed by atoms with Crippen LogP contribution in [0.25, 0.3) is 10.7 Å². The van der Waals surface area contributed by atoms with Crippen LogP contribution in [0.1, 0.15) is 17.7 Å². The molecule has 1 aliphatic rings. The van der Waals surface area contributed by atoms with E-state index in [4.69, 9.17) is 4.74 Å². The topological polar surface area (TPSA) is 52.1 Å². The molecule has 0 unspecified atom stereocenters. The number of nitrogens with zero attached hydrogens (tertiary/aromatic N) is 2. The molecule has 0 N–H and O–H groups in total. The Morgan fingerprint density at radius 3 is 2.94 bits per heavy atom. The fourth-order valence-corrected chi connectivity index (χ4v) is 2.39. The number of thiazole rings is 1. The van der Waals surface area contributed by atoms with Crippen LogP contribution in [0.3, 0.4) is 0 Å². The van der Waals surface area contributed by atoms with Crippen LogP contribution < -0.4 is 4.74 Å². The Morgan fingerprint density at radius 1 is 1.44 bits per heavy atom. The average molecular weight is 260 g/mol. The van der Waals surface area contributed by atoms with E-state index in [2.05, 4.69) is 9.97 Å². The average Bonchev–Trinajstić information content (AvgIpc) is 3.17. The molecular formula is C13H12N2O2S. The minimum Gasteiger partial charge on any atom is -0.406 e. The van der Waals surface area contributed by atoms with Crippen molar-refractivity contribution in [3.05, 3.63) is 29.3 Å². The summed E-state index contributed by atoms with van der Waals surface area (Å²) in [7, 11) is 0. The highest BCUT2D eigenvalue weighted by Gasteiger charge is 2.32. The zero-order valence-corrected chi connectivity index (χ0v) is 10.7. The molecule has 0 bridgehead atoms. The first kappa shape index (κ1) is 11.3. The summed E-state index contributed by atoms with van der Waals surface area (Å²) in [5.41, 5.74) is 0.805. The molecule has 1 aliphatic carbocycles. The summed E-state index contributed by atoms with van der Waals surface area (Å²) in [6, 6.07) is 5.66. The lowest BCUT2D eigenvalue weighted by atomic mass is 10.4. The molecule has 0 saturated heterocycles. The highest BCUT2D eigenvalue weighted by atomic mass is 32.1. The number of aromatic nitrogens is 2. The van der Waals surface area contributed by atoms with Crippen LogP contribution in [0.4, 0.5) is 0 Å². The van der Waals surface area contributed by atoms with Gasteiger partial charge in [-0.3, -0.25) is 9.78 Å². The Bertz CT molecular complexity index is 576. The van der Waals surface area contributed by atoms with Gasteiger partial charge in [0.15, 0.2) is 0 Å². The van der Waals surface area contributed by atoms with Gasteiger partial charge in [-0.05, 0) is 31.9 Å². The van der Waals surface area contributed by atoms with Gasteiger partial charge in [-0.2, -0.15) is 4.98 Å². The number of rotatable bonds is 3. The second kappa shape index (κ2) is 4.49. The van der Waals surface area contributed by atoms with Crippen LogP contribution in [0.5, 0.6) is 5.88 Å². The first-order valence-electron chi connectivity index (χ1n) is 5.84. The third kappa shape index (κ3) is 2.26. The molecule has 0 spiro atoms. The van der Waals surface area contributed by atoms with E-state index >= 15 is 0 Å². The molecule has 0 atom stereocenters. The van der Waals surface area contributed by atoms with Crippen molar-refractivity contribution in [1.29, 1.82) is 0 Å². The molecule has 2 heterocycles. The van der Waals surface area contributed by atoms with Gasteiger partial charge in [-0.25, -0.2) is 0 Å². The summed E-state index contributed by atoms with van der Waals surface area (Å²) >= 11 is 1.49. The van der Waals surface area contributed by atoms with Crippen LogP contribution >= 0.6 is 11.3 Å². The number of ether oxygens (including phenoxy) is 1. The van der Waals surface area contributed by atoms with Crippen molar-refractivity contribution in [3.8, 4) is 16.6 Å². The Balaban J connectivity index is 1.84. The lowest BCUT2D eigenvalue weighted by Crippen LogP contribution is -2.10. The van der Waals surface area contributed by atoms with E-state index in [-0.39, 0.29) is 11.9 Å². The molecule has 4 nitrogen and oxygen atoms in total. The summed E-state index contributed by atoms with van der Waals surface area (Å²) in [4.78, 5) is 21.1. The number of pyridine rings is 1. The van der Waals surface area contributed by atoms with E-state index in [0.29, 0.717) is 5.88 Å². The highest BCUT2D eigenvalue weighted by Crippen LogP contribution is 2.34. The van der Waals surface area contributed by atoms with Gasteiger partial charge in [0.1, 0.15) is 5.01 Å². The van der Waals surface area contributed by atoms with Crippen molar-refractivity contribution < 1.29 is 9.53 Å². The summed E-state index contributed by atoms with van der Waals surface area (Å²) in [5.74, 6) is 0.359. The highest BCUT2D eigenvalue weighted by molar-refractivity contribution is 7.15. The van der Waals surface area contributed by atoms with Gasteiger partial charge in [0.25, 0.3) is 0 Å². The van der Waals surface area contributed by atoms with Crippen LogP contribution in [-0.2, 0) is 4.79 Å². The smallest absolute Gasteiger partial charge is 0.315 e. The molecular weight excluding hydrogens is 248 g/mol. The number of carbonyl (C=O) groups is 1. The predicted octanol–water partition coefficient (Wildman–Crippen LogP) is 2.83. The molecule has 1 saturated carbocycles. The van der Waals surface area contributed by atoms with Crippen molar-refractivity contribution >= 4 is 17.3 Å². The standard InChI is InChI=1S/C13H12N2O2S/c1-8-11(17-13(16)9-5-6-9)15-12(18-8)10-4-2-3-7-14-10/h2-4,7,9H,5-6H2,1H3. The molecule has 0 aliphatic heterocycles. The Hall–Kier alpha value is -1.75. The lowest BCUT2D eigenvalue weighted by molar-refractivity contribution is -0.136. The fraction of sp³-hybridized carbons (Fsp3) is 0.308. The number of hydrogen-bond donors (Lipinski definition) is 0. The zero-order chi connectivity index (χ0) is 12.5. The Labute approximate surface area is 109 Å². The lowest BCUT2D eigenvalue weighted by Gasteiger charge is -1.99. The normalized spacial score (nSPS) is 14.5. The van der Waals surface area contributed by atoms with Gasteiger partial charge < -0.3 is 4.74 Å². The Morgan fingerprint density at radius 2 is 2.28 bits per heavy atom. The van der Waals surface area contributed by atoms with Crippen LogP contribution in [0.15, 0.2) is 24.4 Å². The third-order valence-electron chi connectivity index (χ3n) is 2.75. The SMILES string of the molecule is Cc1sc(-c2ccccn2)nc1OC(=O)C1CC1. The second-order valence-electron chi connectivity index (χ2n) is 4.29. The first-order valence-corrected chi connectivity index (χ1v) is 6.66. The molecule has 5 heteroatoms. The molecule has 2 aromatic heterocycles. The van der Waals surface area contributed by atoms with Gasteiger partial charge in [0.2, 0.25) is 5.88 Å². The number of aryl methyl sites for hydroxylation is 1. The van der Waals surface area contributed by atoms with Gasteiger partial charge >= 0.3 is 5.97 Å². The molecule has 0 radical (unpaired) electrons. The molecule has 92 valence electrons. The second-order valence-corrected chi connectivity index (χ2v) is 5.49. The van der Waals surface area contributed by atoms with E-state index in [9.17, 15) is 4.79 Å². The minimum atomic E-state index is -0.157. The van der Waals surface area contributed by atoms with Crippen molar-refractivity contribution in [2.45, 2.75) is 19.8 Å². The summed E-state index contributed by atoms with van der Waals surface area (Å²) in [5, 5.41) is 0.784. The van der Waals surface area contributed by atoms with E-state index in [1.807, 2.05) is 25.1 Å². The molecule has 0 amide bonds. The van der Waals surface area contributed by atoms with Crippen molar-refractivity contribution in [2.75, 3.05) is 0 Å². The van der Waals surface area contributed by atoms with Gasteiger partial charge in [-0.15, -0.1) is 11.3 Å². The summed E-state index contributed by atoms with van der Waals surface area (Å²) < 4.78 is 5.30. The van der Waals surface area contributed by atoms with Gasteiger partial charge in [0, 0.05) is 6.20 Å². The first-order chi connectivity index (χ1) is 8.74. The monoisotopic (exact) mass is 260 g/mol. The number of hydrogen-bond acceptors (Lipinski definition) is 5. The Kier molecular flexibility index (Phi) is 2.83. The minimum absolute atomic E-state index is 0.0874. The molecule has 18 heavy (non-hydrogen) atoms. The predicted molar refractivity (Wildman–Crippen MR) is 68.4 cm³/mol. The molecule has 0 aromatic carbocycles. The van der Waals surface area contributed by atoms with E-state index < -0.39 is 0 Å². The maximum absolute atomic E-state index is 11.6. The molecule has 2 aromatic rings. The summed E-state index contributed by atoms with van der Waals surface area (Å²) in [6.07, 6.45) is 3.60. The van der Waals surface area contributed by atoms with Gasteiger partial charge in [-0.1, -0.05) is 6.07 Å². The fourth-order valence-electron chi connectivity index (χ4n) is 1.57. The van der Waals surface area contributed by atoms with E-state index in [0.717, 1.165) is 28.4 Å². The van der Waals surface area contributed by atoms with Crippen molar-refractivity contribution in [2.24, 2.45) is 5.92 Å². The van der Waals surface area contributed by atoms with Crippen molar-refractivity contribution in [3.63, 3.8) is 0 Å². The largest absolute Gasteiger partial charge is 0.406 e. The molecule has 1 fully saturated rings. The van der Waals surface area contributed by atoms with Gasteiger partial charge in [0.05, 0.1) is 16.5 Å². The zero-order valence-electron chi connectivity index (χ0n) is 9.92. The van der Waals surface area contributed by atoms with Crippen molar-refractivity contribution in [1.82, 2.24) is 9.97 Å². The van der Waals surface area contributed by atoms with Crippen LogP contribution in [0.2, 0.25) is 0 Å². The maximum atomic E-state index is 11.6.